The van der Waals surface area contributed by atoms with E-state index in [9.17, 15) is 0 Å². The molecule has 0 radical (unpaired) electrons. The first-order valence-corrected chi connectivity index (χ1v) is 8.06. The van der Waals surface area contributed by atoms with E-state index in [1.807, 2.05) is 16.8 Å². The van der Waals surface area contributed by atoms with Gasteiger partial charge in [0.05, 0.1) is 12.2 Å². The summed E-state index contributed by atoms with van der Waals surface area (Å²) in [6.07, 6.45) is 2.24. The molecule has 23 heavy (non-hydrogen) atoms. The van der Waals surface area contributed by atoms with Gasteiger partial charge in [0.15, 0.2) is 5.69 Å². The first-order valence-electron chi connectivity index (χ1n) is 8.06. The summed E-state index contributed by atoms with van der Waals surface area (Å²) >= 11 is 0. The Hall–Kier alpha value is -2.35. The average Bonchev–Trinajstić information content (AvgIpc) is 3.27. The molecule has 1 aliphatic carbocycles. The average molecular weight is 310 g/mol. The molecule has 0 amide bonds. The highest BCUT2D eigenvalue weighted by Gasteiger charge is 2.31. The van der Waals surface area contributed by atoms with Crippen LogP contribution in [-0.4, -0.2) is 21.6 Å². The molecule has 1 aromatic heterocycles. The maximum absolute atomic E-state index is 9.11. The van der Waals surface area contributed by atoms with Crippen LogP contribution in [0.1, 0.15) is 56.5 Å². The van der Waals surface area contributed by atoms with Crippen LogP contribution in [0.2, 0.25) is 0 Å². The standard InChI is InChI=1S/C18H22N4O/c1-18(2,3)14-6-8-15(9-7-14)23-11-10-22-17(13-4-5-13)16(12-19)20-21-22/h6-9,13H,4-5,10-11H2,1-3H3. The Labute approximate surface area is 136 Å². The van der Waals surface area contributed by atoms with Crippen LogP contribution in [0.25, 0.3) is 0 Å². The van der Waals surface area contributed by atoms with E-state index in [-0.39, 0.29) is 5.41 Å². The van der Waals surface area contributed by atoms with E-state index in [4.69, 9.17) is 10.00 Å². The molecule has 0 atom stereocenters. The fraction of sp³-hybridized carbons (Fsp3) is 0.500. The number of rotatable bonds is 5. The van der Waals surface area contributed by atoms with Crippen molar-refractivity contribution in [2.75, 3.05) is 6.61 Å². The molecular weight excluding hydrogens is 288 g/mol. The van der Waals surface area contributed by atoms with Crippen molar-refractivity contribution in [2.24, 2.45) is 0 Å². The van der Waals surface area contributed by atoms with E-state index in [0.717, 1.165) is 24.3 Å². The molecule has 120 valence electrons. The molecule has 2 aromatic rings. The number of hydrogen-bond donors (Lipinski definition) is 0. The van der Waals surface area contributed by atoms with Crippen molar-refractivity contribution in [3.63, 3.8) is 0 Å². The Morgan fingerprint density at radius 3 is 2.52 bits per heavy atom. The highest BCUT2D eigenvalue weighted by molar-refractivity contribution is 5.31. The molecule has 1 fully saturated rings. The summed E-state index contributed by atoms with van der Waals surface area (Å²) in [5.41, 5.74) is 2.86. The van der Waals surface area contributed by atoms with E-state index < -0.39 is 0 Å². The number of hydrogen-bond acceptors (Lipinski definition) is 4. The monoisotopic (exact) mass is 310 g/mol. The van der Waals surface area contributed by atoms with Crippen molar-refractivity contribution >= 4 is 0 Å². The van der Waals surface area contributed by atoms with Gasteiger partial charge in [0.2, 0.25) is 0 Å². The number of aromatic nitrogens is 3. The normalized spacial score (nSPS) is 14.5. The molecular formula is C18H22N4O. The maximum Gasteiger partial charge on any atom is 0.186 e. The van der Waals surface area contributed by atoms with Crippen LogP contribution in [0.5, 0.6) is 5.75 Å². The molecule has 0 spiro atoms. The van der Waals surface area contributed by atoms with Gasteiger partial charge in [0.25, 0.3) is 0 Å². The molecule has 0 bridgehead atoms. The second-order valence-corrected chi connectivity index (χ2v) is 7.06. The van der Waals surface area contributed by atoms with Gasteiger partial charge in [-0.15, -0.1) is 5.10 Å². The molecule has 0 aliphatic heterocycles. The molecule has 5 heteroatoms. The number of nitriles is 1. The summed E-state index contributed by atoms with van der Waals surface area (Å²) in [5, 5.41) is 17.2. The fourth-order valence-corrected chi connectivity index (χ4v) is 2.63. The zero-order valence-electron chi connectivity index (χ0n) is 13.9. The molecule has 1 heterocycles. The van der Waals surface area contributed by atoms with Crippen LogP contribution in [0.15, 0.2) is 24.3 Å². The lowest BCUT2D eigenvalue weighted by atomic mass is 9.87. The van der Waals surface area contributed by atoms with E-state index in [1.165, 1.54) is 5.56 Å². The molecule has 1 saturated carbocycles. The lowest BCUT2D eigenvalue weighted by molar-refractivity contribution is 0.287. The Morgan fingerprint density at radius 2 is 1.96 bits per heavy atom. The quantitative estimate of drug-likeness (QED) is 0.849. The lowest BCUT2D eigenvalue weighted by Gasteiger charge is -2.19. The zero-order chi connectivity index (χ0) is 16.4. The van der Waals surface area contributed by atoms with Crippen molar-refractivity contribution in [3.05, 3.63) is 41.2 Å². The zero-order valence-corrected chi connectivity index (χ0v) is 13.9. The summed E-state index contributed by atoms with van der Waals surface area (Å²) < 4.78 is 7.62. The first-order chi connectivity index (χ1) is 11.0. The highest BCUT2D eigenvalue weighted by Crippen LogP contribution is 2.40. The van der Waals surface area contributed by atoms with Crippen molar-refractivity contribution in [1.82, 2.24) is 15.0 Å². The molecule has 0 saturated heterocycles. The smallest absolute Gasteiger partial charge is 0.186 e. The van der Waals surface area contributed by atoms with Gasteiger partial charge >= 0.3 is 0 Å². The SMILES string of the molecule is CC(C)(C)c1ccc(OCCn2nnc(C#N)c2C2CC2)cc1. The van der Waals surface area contributed by atoms with Crippen LogP contribution in [-0.2, 0) is 12.0 Å². The van der Waals surface area contributed by atoms with Gasteiger partial charge < -0.3 is 4.74 Å². The molecule has 1 aromatic carbocycles. The Morgan fingerprint density at radius 1 is 1.26 bits per heavy atom. The maximum atomic E-state index is 9.11. The summed E-state index contributed by atoms with van der Waals surface area (Å²) in [6, 6.07) is 10.3. The van der Waals surface area contributed by atoms with Crippen LogP contribution < -0.4 is 4.74 Å². The van der Waals surface area contributed by atoms with Crippen LogP contribution in [0.4, 0.5) is 0 Å². The van der Waals surface area contributed by atoms with Gasteiger partial charge in [0.1, 0.15) is 18.4 Å². The van der Waals surface area contributed by atoms with Gasteiger partial charge in [-0.3, -0.25) is 0 Å². The predicted molar refractivity (Wildman–Crippen MR) is 87.3 cm³/mol. The Kier molecular flexibility index (Phi) is 4.08. The van der Waals surface area contributed by atoms with Crippen molar-refractivity contribution in [3.8, 4) is 11.8 Å². The first kappa shape index (κ1) is 15.5. The van der Waals surface area contributed by atoms with E-state index in [1.54, 1.807) is 0 Å². The highest BCUT2D eigenvalue weighted by atomic mass is 16.5. The number of ether oxygens (including phenoxy) is 1. The van der Waals surface area contributed by atoms with Gasteiger partial charge in [-0.25, -0.2) is 4.68 Å². The third-order valence-corrected chi connectivity index (χ3v) is 4.14. The van der Waals surface area contributed by atoms with Crippen molar-refractivity contribution in [2.45, 2.75) is 51.5 Å². The third kappa shape index (κ3) is 3.53. The summed E-state index contributed by atoms with van der Waals surface area (Å²) in [5.74, 6) is 1.30. The predicted octanol–water partition coefficient (Wildman–Crippen LogP) is 3.40. The van der Waals surface area contributed by atoms with Gasteiger partial charge in [-0.05, 0) is 36.0 Å². The van der Waals surface area contributed by atoms with Gasteiger partial charge in [-0.1, -0.05) is 38.1 Å². The Balaban J connectivity index is 1.60. The van der Waals surface area contributed by atoms with E-state index >= 15 is 0 Å². The fourth-order valence-electron chi connectivity index (χ4n) is 2.63. The summed E-state index contributed by atoms with van der Waals surface area (Å²) in [4.78, 5) is 0. The van der Waals surface area contributed by atoms with Gasteiger partial charge in [0, 0.05) is 5.92 Å². The molecule has 1 aliphatic rings. The van der Waals surface area contributed by atoms with Crippen molar-refractivity contribution in [1.29, 1.82) is 5.26 Å². The lowest BCUT2D eigenvalue weighted by Crippen LogP contribution is -2.13. The molecule has 5 nitrogen and oxygen atoms in total. The number of benzene rings is 1. The summed E-state index contributed by atoms with van der Waals surface area (Å²) in [7, 11) is 0. The Bertz CT molecular complexity index is 715. The summed E-state index contributed by atoms with van der Waals surface area (Å²) in [6.45, 7) is 7.71. The van der Waals surface area contributed by atoms with E-state index in [2.05, 4.69) is 49.3 Å². The second kappa shape index (κ2) is 6.04. The van der Waals surface area contributed by atoms with Crippen LogP contribution in [0, 0.1) is 11.3 Å². The minimum absolute atomic E-state index is 0.145. The minimum Gasteiger partial charge on any atom is -0.492 e. The van der Waals surface area contributed by atoms with Gasteiger partial charge in [-0.2, -0.15) is 5.26 Å². The molecule has 3 rings (SSSR count). The second-order valence-electron chi connectivity index (χ2n) is 7.06. The minimum atomic E-state index is 0.145. The third-order valence-electron chi connectivity index (χ3n) is 4.14. The number of nitrogens with zero attached hydrogens (tertiary/aromatic N) is 4. The van der Waals surface area contributed by atoms with Crippen LogP contribution in [0.3, 0.4) is 0 Å². The van der Waals surface area contributed by atoms with Crippen LogP contribution >= 0.6 is 0 Å². The topological polar surface area (TPSA) is 63.7 Å². The molecule has 0 unspecified atom stereocenters. The van der Waals surface area contributed by atoms with Crippen molar-refractivity contribution < 1.29 is 4.74 Å². The largest absolute Gasteiger partial charge is 0.492 e. The van der Waals surface area contributed by atoms with E-state index in [0.29, 0.717) is 24.8 Å². The molecule has 0 N–H and O–H groups in total.